The first-order chi connectivity index (χ1) is 20.4. The van der Waals surface area contributed by atoms with Gasteiger partial charge in [0.2, 0.25) is 10.9 Å². The molecule has 4 aliphatic heterocycles. The number of pyridine rings is 2. The summed E-state index contributed by atoms with van der Waals surface area (Å²) in [6, 6.07) is -0.130. The van der Waals surface area contributed by atoms with Crippen LogP contribution in [0.15, 0.2) is 22.0 Å². The molecular weight excluding hydrogens is 831 g/mol. The first-order valence-corrected chi connectivity index (χ1v) is 14.3. The predicted molar refractivity (Wildman–Crippen MR) is 149 cm³/mol. The summed E-state index contributed by atoms with van der Waals surface area (Å²) in [5.74, 6) is -2.91. The Morgan fingerprint density at radius 2 is 1.15 bits per heavy atom. The summed E-state index contributed by atoms with van der Waals surface area (Å²) in [7, 11) is 0. The van der Waals surface area contributed by atoms with E-state index in [4.69, 9.17) is 9.47 Å². The molecule has 4 aliphatic rings. The number of ether oxygens (including phenoxy) is 2. The number of amides is 2. The van der Waals surface area contributed by atoms with Gasteiger partial charge >= 0.3 is 0 Å². The number of hydrogen-bond donors (Lipinski definition) is 2. The van der Waals surface area contributed by atoms with Gasteiger partial charge in [0.1, 0.15) is 0 Å². The molecule has 6 rings (SSSR count). The minimum atomic E-state index is -0.785. The molecule has 239 valence electrons. The minimum Gasteiger partial charge on any atom is -0.503 e. The van der Waals surface area contributed by atoms with Crippen LogP contribution in [-0.2, 0) is 121 Å². The van der Waals surface area contributed by atoms with E-state index in [0.29, 0.717) is 32.7 Å². The van der Waals surface area contributed by atoms with Crippen molar-refractivity contribution in [2.24, 2.45) is 0 Å². The first kappa shape index (κ1) is 41.2. The van der Waals surface area contributed by atoms with E-state index < -0.39 is 46.6 Å². The number of rotatable bonds is 4. The fourth-order valence-corrected chi connectivity index (χ4v) is 5.91. The number of aromatic hydroxyl groups is 2. The molecule has 0 aliphatic carbocycles. The molecule has 6 heterocycles. The Morgan fingerprint density at radius 3 is 1.59 bits per heavy atom. The summed E-state index contributed by atoms with van der Waals surface area (Å²) in [6.45, 7) is 8.59. The number of aromatic nitrogens is 2. The molecule has 2 aromatic heterocycles. The standard InChI is InChI=1S/C15H18N2O5.C14H16N2O5.3Y/c1-3-10(18)9-6-16-7-11-17(8(2)4-5-22-11)15(21)12(16)14(20)13(9)19;1-3-9(17)8-4-15-5-10-16(7(2)6-21-10)14(20)11(15)13(19)12(8)18;;;/h6,8,11,20H,3-5,7H2,1-2H3;4,7,10,19H,3,5-6H2,1-2H3;;;/t8-,11+;7-,10+;;;/m10.../s1. The third-order valence-corrected chi connectivity index (χ3v) is 8.28. The number of carbonyl (C=O) groups excluding carboxylic acids is 4. The number of fused-ring (bicyclic) bond motifs is 4. The molecule has 14 nitrogen and oxygen atoms in total. The van der Waals surface area contributed by atoms with Crippen LogP contribution in [0.2, 0.25) is 0 Å². The van der Waals surface area contributed by atoms with Crippen molar-refractivity contribution in [1.29, 1.82) is 0 Å². The molecule has 2 amide bonds. The molecular formula is C29H34N4O10Y3. The first-order valence-electron chi connectivity index (χ1n) is 14.3. The summed E-state index contributed by atoms with van der Waals surface area (Å²) in [5.41, 5.74) is -1.88. The number of ketones is 2. The van der Waals surface area contributed by atoms with Crippen molar-refractivity contribution in [3.05, 3.63) is 55.4 Å². The van der Waals surface area contributed by atoms with Crippen LogP contribution in [0, 0.1) is 0 Å². The van der Waals surface area contributed by atoms with Crippen LogP contribution in [0.4, 0.5) is 0 Å². The van der Waals surface area contributed by atoms with E-state index >= 15 is 0 Å². The maximum absolute atomic E-state index is 12.6. The van der Waals surface area contributed by atoms with Gasteiger partial charge in [0.25, 0.3) is 11.8 Å². The van der Waals surface area contributed by atoms with Gasteiger partial charge in [-0.15, -0.1) is 0 Å². The van der Waals surface area contributed by atoms with Crippen molar-refractivity contribution < 1.29 is 137 Å². The zero-order valence-electron chi connectivity index (χ0n) is 26.1. The van der Waals surface area contributed by atoms with Gasteiger partial charge < -0.3 is 38.6 Å². The fraction of sp³-hybridized carbons (Fsp3) is 0.517. The number of nitrogens with zero attached hydrogens (tertiary/aromatic N) is 4. The third-order valence-electron chi connectivity index (χ3n) is 8.28. The monoisotopic (exact) mass is 865 g/mol. The molecule has 2 aromatic rings. The van der Waals surface area contributed by atoms with Crippen molar-refractivity contribution in [1.82, 2.24) is 18.9 Å². The molecule has 2 fully saturated rings. The topological polar surface area (TPSA) is 178 Å². The smallest absolute Gasteiger partial charge is 0.276 e. The summed E-state index contributed by atoms with van der Waals surface area (Å²) < 4.78 is 14.1. The maximum atomic E-state index is 12.6. The SMILES string of the molecule is CCC(=O)c1cn2c(c(O)c1=O)C(=O)N1[C@@H](C)CO[C@@H]1C2.CCC(=O)c1cn2c(c(O)c1=O)C(=O)N1[C@H](C)CCO[C@H]1C2.[Y].[Y].[Y]. The molecule has 0 spiro atoms. The number of carbonyl (C=O) groups is 4. The Hall–Kier alpha value is -0.988. The Kier molecular flexibility index (Phi) is 14.9. The largest absolute Gasteiger partial charge is 0.503 e. The van der Waals surface area contributed by atoms with Crippen molar-refractivity contribution in [2.45, 2.75) is 84.6 Å². The second kappa shape index (κ2) is 16.6. The van der Waals surface area contributed by atoms with E-state index in [-0.39, 0.29) is 157 Å². The van der Waals surface area contributed by atoms with Crippen LogP contribution in [0.1, 0.15) is 88.7 Å². The molecule has 3 radical (unpaired) electrons. The van der Waals surface area contributed by atoms with Crippen molar-refractivity contribution in [3.63, 3.8) is 0 Å². The van der Waals surface area contributed by atoms with Crippen LogP contribution in [0.3, 0.4) is 0 Å². The molecule has 46 heavy (non-hydrogen) atoms. The molecule has 0 unspecified atom stereocenters. The second-order valence-corrected chi connectivity index (χ2v) is 11.0. The molecule has 0 bridgehead atoms. The minimum absolute atomic E-state index is 0. The Labute approximate surface area is 340 Å². The van der Waals surface area contributed by atoms with Gasteiger partial charge in [-0.1, -0.05) is 13.8 Å². The van der Waals surface area contributed by atoms with Crippen LogP contribution in [0.5, 0.6) is 11.5 Å². The number of Topliss-reactive ketones (excluding diaryl/α,β-unsaturated/α-hetero) is 2. The molecule has 17 heteroatoms. The second-order valence-electron chi connectivity index (χ2n) is 11.0. The average molecular weight is 865 g/mol. The van der Waals surface area contributed by atoms with E-state index in [9.17, 15) is 39.0 Å². The maximum Gasteiger partial charge on any atom is 0.276 e. The molecule has 0 saturated carbocycles. The summed E-state index contributed by atoms with van der Waals surface area (Å²) in [5, 5.41) is 20.2. The average Bonchev–Trinajstić information content (AvgIpc) is 3.36. The zero-order valence-corrected chi connectivity index (χ0v) is 34.6. The Morgan fingerprint density at radius 1 is 0.739 bits per heavy atom. The van der Waals surface area contributed by atoms with Crippen molar-refractivity contribution >= 4 is 23.4 Å². The molecule has 4 atom stereocenters. The molecule has 0 aromatic carbocycles. The van der Waals surface area contributed by atoms with Gasteiger partial charge in [0.15, 0.2) is 46.9 Å². The summed E-state index contributed by atoms with van der Waals surface area (Å²) in [6.07, 6.45) is 2.88. The van der Waals surface area contributed by atoms with Gasteiger partial charge in [0.05, 0.1) is 43.5 Å². The van der Waals surface area contributed by atoms with Crippen molar-refractivity contribution in [3.8, 4) is 11.5 Å². The van der Waals surface area contributed by atoms with Gasteiger partial charge in [-0.3, -0.25) is 28.8 Å². The van der Waals surface area contributed by atoms with E-state index in [2.05, 4.69) is 0 Å². The van der Waals surface area contributed by atoms with Crippen molar-refractivity contribution in [2.75, 3.05) is 13.2 Å². The quantitative estimate of drug-likeness (QED) is 0.423. The zero-order chi connectivity index (χ0) is 31.3. The van der Waals surface area contributed by atoms with Crippen LogP contribution in [-0.4, -0.2) is 90.3 Å². The summed E-state index contributed by atoms with van der Waals surface area (Å²) in [4.78, 5) is 76.0. The Bertz CT molecular complexity index is 1660. The predicted octanol–water partition coefficient (Wildman–Crippen LogP) is 1.08. The number of hydrogen-bond acceptors (Lipinski definition) is 10. The fourth-order valence-electron chi connectivity index (χ4n) is 5.91. The third kappa shape index (κ3) is 7.30. The van der Waals surface area contributed by atoms with Gasteiger partial charge in [0, 0.05) is 129 Å². The normalized spacial score (nSPS) is 22.3. The van der Waals surface area contributed by atoms with Crippen LogP contribution >= 0.6 is 0 Å². The van der Waals surface area contributed by atoms with Crippen LogP contribution < -0.4 is 10.9 Å². The Balaban J connectivity index is 0.000000301. The van der Waals surface area contributed by atoms with Gasteiger partial charge in [-0.25, -0.2) is 0 Å². The van der Waals surface area contributed by atoms with E-state index in [0.717, 1.165) is 0 Å². The van der Waals surface area contributed by atoms with Gasteiger partial charge in [-0.2, -0.15) is 0 Å². The van der Waals surface area contributed by atoms with E-state index in [1.165, 1.54) is 26.4 Å². The van der Waals surface area contributed by atoms with Gasteiger partial charge in [-0.05, 0) is 20.3 Å². The van der Waals surface area contributed by atoms with E-state index in [1.54, 1.807) is 18.7 Å². The van der Waals surface area contributed by atoms with E-state index in [1.807, 2.05) is 13.8 Å². The van der Waals surface area contributed by atoms with Crippen LogP contribution in [0.25, 0.3) is 0 Å². The molecule has 2 N–H and O–H groups in total. The summed E-state index contributed by atoms with van der Waals surface area (Å²) >= 11 is 0. The molecule has 2 saturated heterocycles.